The molecule has 148 valence electrons. The van der Waals surface area contributed by atoms with Gasteiger partial charge in [0.1, 0.15) is 17.9 Å². The van der Waals surface area contributed by atoms with Crippen molar-refractivity contribution in [1.82, 2.24) is 15.2 Å². The molecule has 4 aromatic rings. The van der Waals surface area contributed by atoms with Crippen molar-refractivity contribution in [2.24, 2.45) is 0 Å². The Balaban J connectivity index is 1.47. The lowest BCUT2D eigenvalue weighted by Gasteiger charge is -2.07. The fourth-order valence-corrected chi connectivity index (χ4v) is 3.82. The van der Waals surface area contributed by atoms with Crippen molar-refractivity contribution in [3.8, 4) is 5.75 Å². The number of rotatable bonds is 6. The Labute approximate surface area is 172 Å². The smallest absolute Gasteiger partial charge is 0.336 e. The van der Waals surface area contributed by atoms with Crippen molar-refractivity contribution in [2.45, 2.75) is 38.3 Å². The maximum Gasteiger partial charge on any atom is 0.336 e. The number of ether oxygens (including phenoxy) is 1. The van der Waals surface area contributed by atoms with Crippen LogP contribution in [0.2, 0.25) is 0 Å². The number of aromatic amines is 1. The van der Waals surface area contributed by atoms with Gasteiger partial charge in [-0.05, 0) is 61.2 Å². The molecule has 2 aromatic carbocycles. The van der Waals surface area contributed by atoms with E-state index in [0.29, 0.717) is 28.9 Å². The standard InChI is InChI=1S/C22H21N3O3S/c1-13-6-4-5-7-18(13)27-11-20-23-22(25-24-20)29-12-16-10-21(26)28-19-9-15(3)14(2)8-17(16)19/h4-10H,11-12H2,1-3H3,(H,23,24,25). The van der Waals surface area contributed by atoms with Crippen LogP contribution in [0.3, 0.4) is 0 Å². The Bertz CT molecular complexity index is 1230. The minimum atomic E-state index is -0.348. The van der Waals surface area contributed by atoms with Crippen molar-refractivity contribution in [3.05, 3.63) is 81.0 Å². The Hall–Kier alpha value is -3.06. The van der Waals surface area contributed by atoms with Crippen LogP contribution in [0.5, 0.6) is 5.75 Å². The van der Waals surface area contributed by atoms with Crippen molar-refractivity contribution in [3.63, 3.8) is 0 Å². The third-order valence-electron chi connectivity index (χ3n) is 4.77. The minimum absolute atomic E-state index is 0.314. The van der Waals surface area contributed by atoms with E-state index in [1.807, 2.05) is 51.1 Å². The fraction of sp³-hybridized carbons (Fsp3) is 0.227. The average molecular weight is 407 g/mol. The van der Waals surface area contributed by atoms with Gasteiger partial charge in [0.25, 0.3) is 0 Å². The molecule has 2 heterocycles. The van der Waals surface area contributed by atoms with Crippen LogP contribution >= 0.6 is 11.8 Å². The second-order valence-corrected chi connectivity index (χ2v) is 7.87. The molecule has 0 atom stereocenters. The van der Waals surface area contributed by atoms with E-state index in [4.69, 9.17) is 9.15 Å². The van der Waals surface area contributed by atoms with Gasteiger partial charge in [-0.15, -0.1) is 5.10 Å². The Morgan fingerprint density at radius 1 is 1.07 bits per heavy atom. The van der Waals surface area contributed by atoms with Gasteiger partial charge in [-0.2, -0.15) is 0 Å². The monoisotopic (exact) mass is 407 g/mol. The van der Waals surface area contributed by atoms with Crippen molar-refractivity contribution >= 4 is 22.7 Å². The van der Waals surface area contributed by atoms with Crippen LogP contribution in [0.1, 0.15) is 28.1 Å². The first kappa shape index (κ1) is 19.3. The first-order chi connectivity index (χ1) is 14.0. The zero-order chi connectivity index (χ0) is 20.4. The molecule has 0 saturated heterocycles. The molecule has 7 heteroatoms. The summed E-state index contributed by atoms with van der Waals surface area (Å²) in [5.41, 5.74) is 4.50. The van der Waals surface area contributed by atoms with Gasteiger partial charge in [-0.1, -0.05) is 30.0 Å². The summed E-state index contributed by atoms with van der Waals surface area (Å²) in [5.74, 6) is 2.05. The Kier molecular flexibility index (Phi) is 5.40. The highest BCUT2D eigenvalue weighted by atomic mass is 32.2. The van der Waals surface area contributed by atoms with Gasteiger partial charge in [0.2, 0.25) is 5.16 Å². The Morgan fingerprint density at radius 3 is 2.69 bits per heavy atom. The van der Waals surface area contributed by atoms with Crippen LogP contribution in [0.4, 0.5) is 0 Å². The van der Waals surface area contributed by atoms with E-state index in [-0.39, 0.29) is 5.63 Å². The molecule has 0 radical (unpaired) electrons. The highest BCUT2D eigenvalue weighted by Crippen LogP contribution is 2.27. The third kappa shape index (κ3) is 4.35. The number of H-pyrrole nitrogens is 1. The average Bonchev–Trinajstić information content (AvgIpc) is 3.15. The van der Waals surface area contributed by atoms with Crippen LogP contribution in [0.15, 0.2) is 56.8 Å². The number of aryl methyl sites for hydroxylation is 3. The van der Waals surface area contributed by atoms with E-state index >= 15 is 0 Å². The first-order valence-corrected chi connectivity index (χ1v) is 10.2. The molecule has 0 bridgehead atoms. The molecular weight excluding hydrogens is 386 g/mol. The quantitative estimate of drug-likeness (QED) is 0.368. The Morgan fingerprint density at radius 2 is 1.86 bits per heavy atom. The molecule has 0 aliphatic heterocycles. The third-order valence-corrected chi connectivity index (χ3v) is 5.67. The van der Waals surface area contributed by atoms with Gasteiger partial charge in [-0.25, -0.2) is 9.78 Å². The van der Waals surface area contributed by atoms with Gasteiger partial charge < -0.3 is 9.15 Å². The van der Waals surface area contributed by atoms with Gasteiger partial charge in [0, 0.05) is 17.2 Å². The molecule has 29 heavy (non-hydrogen) atoms. The van der Waals surface area contributed by atoms with Crippen LogP contribution in [-0.4, -0.2) is 15.2 Å². The molecule has 0 saturated carbocycles. The number of para-hydroxylation sites is 1. The number of nitrogens with zero attached hydrogens (tertiary/aromatic N) is 2. The summed E-state index contributed by atoms with van der Waals surface area (Å²) in [6, 6.07) is 13.4. The van der Waals surface area contributed by atoms with Crippen LogP contribution in [0.25, 0.3) is 11.0 Å². The number of fused-ring (bicyclic) bond motifs is 1. The normalized spacial score (nSPS) is 11.1. The summed E-state index contributed by atoms with van der Waals surface area (Å²) in [4.78, 5) is 16.4. The number of hydrogen-bond donors (Lipinski definition) is 1. The van der Waals surface area contributed by atoms with E-state index in [1.165, 1.54) is 11.8 Å². The maximum absolute atomic E-state index is 11.9. The summed E-state index contributed by atoms with van der Waals surface area (Å²) >= 11 is 1.46. The molecule has 0 unspecified atom stereocenters. The molecule has 0 aliphatic carbocycles. The van der Waals surface area contributed by atoms with Gasteiger partial charge in [0.15, 0.2) is 5.82 Å². The van der Waals surface area contributed by atoms with Crippen LogP contribution in [0, 0.1) is 20.8 Å². The predicted molar refractivity (Wildman–Crippen MR) is 113 cm³/mol. The van der Waals surface area contributed by atoms with Gasteiger partial charge in [0.05, 0.1) is 0 Å². The number of hydrogen-bond acceptors (Lipinski definition) is 6. The molecule has 2 aromatic heterocycles. The SMILES string of the molecule is Cc1cc2oc(=O)cc(CSc3n[nH]c(COc4ccccc4C)n3)c2cc1C. The van der Waals surface area contributed by atoms with E-state index in [0.717, 1.165) is 33.4 Å². The highest BCUT2D eigenvalue weighted by molar-refractivity contribution is 7.98. The summed E-state index contributed by atoms with van der Waals surface area (Å²) in [6.07, 6.45) is 0. The molecule has 0 fully saturated rings. The second kappa shape index (κ2) is 8.13. The zero-order valence-electron chi connectivity index (χ0n) is 16.5. The minimum Gasteiger partial charge on any atom is -0.485 e. The molecule has 0 amide bonds. The summed E-state index contributed by atoms with van der Waals surface area (Å²) in [7, 11) is 0. The molecular formula is C22H21N3O3S. The molecule has 6 nitrogen and oxygen atoms in total. The number of thioether (sulfide) groups is 1. The van der Waals surface area contributed by atoms with Crippen molar-refractivity contribution < 1.29 is 9.15 Å². The van der Waals surface area contributed by atoms with E-state index in [1.54, 1.807) is 6.07 Å². The topological polar surface area (TPSA) is 81.0 Å². The molecule has 0 spiro atoms. The molecule has 0 aliphatic rings. The first-order valence-electron chi connectivity index (χ1n) is 9.26. The van der Waals surface area contributed by atoms with Crippen LogP contribution < -0.4 is 10.4 Å². The van der Waals surface area contributed by atoms with Gasteiger partial charge in [-0.3, -0.25) is 5.10 Å². The predicted octanol–water partition coefficient (Wildman–Crippen LogP) is 4.71. The van der Waals surface area contributed by atoms with Crippen LogP contribution in [-0.2, 0) is 12.4 Å². The van der Waals surface area contributed by atoms with Crippen molar-refractivity contribution in [1.29, 1.82) is 0 Å². The van der Waals surface area contributed by atoms with E-state index < -0.39 is 0 Å². The number of aromatic nitrogens is 3. The molecule has 1 N–H and O–H groups in total. The second-order valence-electron chi connectivity index (χ2n) is 6.93. The number of nitrogens with one attached hydrogen (secondary N) is 1. The van der Waals surface area contributed by atoms with Crippen molar-refractivity contribution in [2.75, 3.05) is 0 Å². The lowest BCUT2D eigenvalue weighted by Crippen LogP contribution is -2.01. The fourth-order valence-electron chi connectivity index (χ4n) is 3.02. The lowest BCUT2D eigenvalue weighted by molar-refractivity contribution is 0.294. The molecule has 4 rings (SSSR count). The highest BCUT2D eigenvalue weighted by Gasteiger charge is 2.11. The largest absolute Gasteiger partial charge is 0.485 e. The zero-order valence-corrected chi connectivity index (χ0v) is 17.3. The van der Waals surface area contributed by atoms with E-state index in [2.05, 4.69) is 21.2 Å². The number of benzene rings is 2. The summed E-state index contributed by atoms with van der Waals surface area (Å²) in [5, 5.41) is 8.71. The summed E-state index contributed by atoms with van der Waals surface area (Å²) < 4.78 is 11.2. The lowest BCUT2D eigenvalue weighted by atomic mass is 10.0. The van der Waals surface area contributed by atoms with Gasteiger partial charge >= 0.3 is 5.63 Å². The maximum atomic E-state index is 11.9. The summed E-state index contributed by atoms with van der Waals surface area (Å²) in [6.45, 7) is 6.37. The van der Waals surface area contributed by atoms with E-state index in [9.17, 15) is 4.79 Å².